The van der Waals surface area contributed by atoms with Crippen molar-refractivity contribution in [2.45, 2.75) is 71.1 Å². The standard InChI is InChI=1S/C20H29NO3/c1-13(2)15-10-14-6-7-18-19(3,12-21(23)24)8-5-9-20(18,4)16(14)11-17(15)22/h10-11,13,18,22H,5-9,12H2,1-4H3/t18-,19-,20+/m0/s1. The number of benzene rings is 1. The maximum absolute atomic E-state index is 11.2. The fourth-order valence-corrected chi connectivity index (χ4v) is 5.60. The molecular formula is C20H29NO3. The van der Waals surface area contributed by atoms with Crippen molar-refractivity contribution in [1.29, 1.82) is 0 Å². The summed E-state index contributed by atoms with van der Waals surface area (Å²) < 4.78 is 0. The fourth-order valence-electron chi connectivity index (χ4n) is 5.60. The Morgan fingerprint density at radius 3 is 2.67 bits per heavy atom. The van der Waals surface area contributed by atoms with Crippen LogP contribution in [0.5, 0.6) is 5.75 Å². The molecule has 0 amide bonds. The first kappa shape index (κ1) is 17.2. The number of nitrogens with zero attached hydrogens (tertiary/aromatic N) is 1. The second kappa shape index (κ2) is 5.75. The van der Waals surface area contributed by atoms with Crippen molar-refractivity contribution in [3.05, 3.63) is 38.9 Å². The van der Waals surface area contributed by atoms with Gasteiger partial charge in [0.2, 0.25) is 6.54 Å². The van der Waals surface area contributed by atoms with Crippen LogP contribution in [0.25, 0.3) is 0 Å². The Morgan fingerprint density at radius 2 is 2.04 bits per heavy atom. The first-order valence-electron chi connectivity index (χ1n) is 9.15. The summed E-state index contributed by atoms with van der Waals surface area (Å²) in [7, 11) is 0. The van der Waals surface area contributed by atoms with Crippen molar-refractivity contribution in [3.63, 3.8) is 0 Å². The molecule has 1 aromatic carbocycles. The minimum atomic E-state index is -0.249. The molecule has 132 valence electrons. The third-order valence-corrected chi connectivity index (χ3v) is 6.74. The number of nitro groups is 1. The van der Waals surface area contributed by atoms with Gasteiger partial charge < -0.3 is 5.11 Å². The van der Waals surface area contributed by atoms with E-state index in [0.717, 1.165) is 37.7 Å². The average molecular weight is 331 g/mol. The normalized spacial score (nSPS) is 32.3. The Morgan fingerprint density at radius 1 is 1.33 bits per heavy atom. The van der Waals surface area contributed by atoms with E-state index in [1.165, 1.54) is 11.1 Å². The van der Waals surface area contributed by atoms with E-state index >= 15 is 0 Å². The third kappa shape index (κ3) is 2.60. The van der Waals surface area contributed by atoms with E-state index in [1.54, 1.807) is 0 Å². The van der Waals surface area contributed by atoms with Crippen molar-refractivity contribution < 1.29 is 10.0 Å². The number of rotatable bonds is 3. The monoisotopic (exact) mass is 331 g/mol. The van der Waals surface area contributed by atoms with Gasteiger partial charge in [0.1, 0.15) is 5.75 Å². The zero-order valence-electron chi connectivity index (χ0n) is 15.3. The molecule has 4 heteroatoms. The highest BCUT2D eigenvalue weighted by Gasteiger charge is 2.53. The molecule has 2 aliphatic rings. The highest BCUT2D eigenvalue weighted by molar-refractivity contribution is 5.48. The zero-order chi connectivity index (χ0) is 17.7. The van der Waals surface area contributed by atoms with E-state index in [4.69, 9.17) is 0 Å². The first-order chi connectivity index (χ1) is 11.2. The molecule has 24 heavy (non-hydrogen) atoms. The summed E-state index contributed by atoms with van der Waals surface area (Å²) in [5, 5.41) is 21.7. The molecule has 4 nitrogen and oxygen atoms in total. The van der Waals surface area contributed by atoms with Crippen molar-refractivity contribution in [3.8, 4) is 5.75 Å². The van der Waals surface area contributed by atoms with Gasteiger partial charge in [0, 0.05) is 10.3 Å². The van der Waals surface area contributed by atoms with Crippen LogP contribution in [-0.2, 0) is 11.8 Å². The van der Waals surface area contributed by atoms with Crippen molar-refractivity contribution in [2.75, 3.05) is 6.54 Å². The molecule has 0 bridgehead atoms. The van der Waals surface area contributed by atoms with E-state index in [1.807, 2.05) is 6.07 Å². The minimum absolute atomic E-state index is 0.0542. The highest BCUT2D eigenvalue weighted by atomic mass is 16.6. The Balaban J connectivity index is 2.07. The summed E-state index contributed by atoms with van der Waals surface area (Å²) in [5.41, 5.74) is 3.26. The number of aryl methyl sites for hydroxylation is 1. The second-order valence-electron chi connectivity index (χ2n) is 8.73. The molecule has 1 aromatic rings. The molecule has 0 radical (unpaired) electrons. The van der Waals surface area contributed by atoms with Crippen LogP contribution in [0.3, 0.4) is 0 Å². The highest BCUT2D eigenvalue weighted by Crippen LogP contribution is 2.58. The van der Waals surface area contributed by atoms with Crippen LogP contribution in [0.2, 0.25) is 0 Å². The van der Waals surface area contributed by atoms with E-state index < -0.39 is 0 Å². The molecule has 0 unspecified atom stereocenters. The summed E-state index contributed by atoms with van der Waals surface area (Å²) >= 11 is 0. The summed E-state index contributed by atoms with van der Waals surface area (Å²) in [4.78, 5) is 11.1. The Labute approximate surface area is 144 Å². The van der Waals surface area contributed by atoms with Crippen LogP contribution in [0.15, 0.2) is 12.1 Å². The first-order valence-corrected chi connectivity index (χ1v) is 9.15. The fraction of sp³-hybridized carbons (Fsp3) is 0.700. The summed E-state index contributed by atoms with van der Waals surface area (Å²) in [6.45, 7) is 8.62. The van der Waals surface area contributed by atoms with Gasteiger partial charge >= 0.3 is 0 Å². The van der Waals surface area contributed by atoms with Gasteiger partial charge in [0.05, 0.1) is 0 Å². The van der Waals surface area contributed by atoms with Gasteiger partial charge in [-0.2, -0.15) is 0 Å². The number of fused-ring (bicyclic) bond motifs is 3. The van der Waals surface area contributed by atoms with Crippen LogP contribution in [0.4, 0.5) is 0 Å². The smallest absolute Gasteiger partial charge is 0.209 e. The van der Waals surface area contributed by atoms with Gasteiger partial charge in [0.15, 0.2) is 0 Å². The predicted molar refractivity (Wildman–Crippen MR) is 95.2 cm³/mol. The van der Waals surface area contributed by atoms with E-state index in [-0.39, 0.29) is 22.3 Å². The predicted octanol–water partition coefficient (Wildman–Crippen LogP) is 4.80. The van der Waals surface area contributed by atoms with Crippen molar-refractivity contribution >= 4 is 0 Å². The molecule has 1 saturated carbocycles. The van der Waals surface area contributed by atoms with Crippen LogP contribution in [-0.4, -0.2) is 16.6 Å². The lowest BCUT2D eigenvalue weighted by molar-refractivity contribution is -0.501. The minimum Gasteiger partial charge on any atom is -0.508 e. The molecule has 0 spiro atoms. The Hall–Kier alpha value is -1.58. The van der Waals surface area contributed by atoms with Gasteiger partial charge in [-0.15, -0.1) is 0 Å². The molecule has 0 saturated heterocycles. The molecule has 1 N–H and O–H groups in total. The van der Waals surface area contributed by atoms with Gasteiger partial charge in [-0.25, -0.2) is 0 Å². The molecular weight excluding hydrogens is 302 g/mol. The maximum Gasteiger partial charge on any atom is 0.209 e. The number of phenolic OH excluding ortho intramolecular Hbond substituents is 1. The maximum atomic E-state index is 11.2. The molecule has 1 fully saturated rings. The van der Waals surface area contributed by atoms with Gasteiger partial charge in [-0.05, 0) is 65.7 Å². The van der Waals surface area contributed by atoms with Crippen molar-refractivity contribution in [1.82, 2.24) is 0 Å². The van der Waals surface area contributed by atoms with E-state index in [0.29, 0.717) is 17.6 Å². The molecule has 0 heterocycles. The van der Waals surface area contributed by atoms with E-state index in [9.17, 15) is 15.2 Å². The summed E-state index contributed by atoms with van der Waals surface area (Å²) in [6, 6.07) is 4.14. The number of hydrogen-bond acceptors (Lipinski definition) is 3. The lowest BCUT2D eigenvalue weighted by atomic mass is 9.49. The van der Waals surface area contributed by atoms with Crippen LogP contribution in [0, 0.1) is 21.4 Å². The van der Waals surface area contributed by atoms with Gasteiger partial charge in [0.25, 0.3) is 0 Å². The number of aromatic hydroxyl groups is 1. The van der Waals surface area contributed by atoms with Crippen molar-refractivity contribution in [2.24, 2.45) is 11.3 Å². The SMILES string of the molecule is CC(C)c1cc2c(cc1O)[C@@]1(C)CCC[C@@](C)(C[N+](=O)[O-])[C@@H]1CC2. The zero-order valence-corrected chi connectivity index (χ0v) is 15.3. The summed E-state index contributed by atoms with van der Waals surface area (Å²) in [6.07, 6.45) is 4.97. The second-order valence-corrected chi connectivity index (χ2v) is 8.73. The quantitative estimate of drug-likeness (QED) is 0.639. The average Bonchev–Trinajstić information content (AvgIpc) is 2.45. The largest absolute Gasteiger partial charge is 0.508 e. The Kier molecular flexibility index (Phi) is 4.13. The van der Waals surface area contributed by atoms with Gasteiger partial charge in [-0.3, -0.25) is 10.1 Å². The van der Waals surface area contributed by atoms with Gasteiger partial charge in [-0.1, -0.05) is 40.2 Å². The molecule has 3 atom stereocenters. The third-order valence-electron chi connectivity index (χ3n) is 6.74. The molecule has 3 rings (SSSR count). The van der Waals surface area contributed by atoms with E-state index in [2.05, 4.69) is 33.8 Å². The Bertz CT molecular complexity index is 669. The summed E-state index contributed by atoms with van der Waals surface area (Å²) in [5.74, 6) is 0.986. The van der Waals surface area contributed by atoms with Crippen LogP contribution >= 0.6 is 0 Å². The number of phenols is 1. The van der Waals surface area contributed by atoms with Crippen LogP contribution in [0.1, 0.15) is 76.0 Å². The molecule has 2 aliphatic carbocycles. The molecule has 0 aromatic heterocycles. The van der Waals surface area contributed by atoms with Crippen LogP contribution < -0.4 is 0 Å². The lowest BCUT2D eigenvalue weighted by Gasteiger charge is -2.54. The topological polar surface area (TPSA) is 63.4 Å². The lowest BCUT2D eigenvalue weighted by Crippen LogP contribution is -2.51. The number of hydrogen-bond donors (Lipinski definition) is 1. The molecule has 0 aliphatic heterocycles.